The van der Waals surface area contributed by atoms with Crippen LogP contribution in [0, 0.1) is 0 Å². The van der Waals surface area contributed by atoms with Crippen LogP contribution in [-0.4, -0.2) is 46.8 Å². The number of piperidine rings is 1. The fraction of sp³-hybridized carbons (Fsp3) is 0.435. The molecule has 1 saturated heterocycles. The molecule has 1 fully saturated rings. The Bertz CT molecular complexity index is 971. The Kier molecular flexibility index (Phi) is 7.79. The molecule has 0 aliphatic carbocycles. The number of sulfonamides is 1. The maximum absolute atomic E-state index is 12.6. The van der Waals surface area contributed by atoms with E-state index in [1.807, 2.05) is 19.1 Å². The van der Waals surface area contributed by atoms with Gasteiger partial charge in [-0.2, -0.15) is 0 Å². The van der Waals surface area contributed by atoms with Crippen molar-refractivity contribution in [3.05, 3.63) is 54.1 Å². The van der Waals surface area contributed by atoms with Gasteiger partial charge in [-0.25, -0.2) is 8.42 Å². The van der Waals surface area contributed by atoms with Crippen molar-refractivity contribution < 1.29 is 17.9 Å². The molecule has 1 heterocycles. The molecule has 0 radical (unpaired) electrons. The Hall–Kier alpha value is -2.74. The van der Waals surface area contributed by atoms with Crippen LogP contribution in [0.15, 0.2) is 48.5 Å². The maximum Gasteiger partial charge on any atom is 0.241 e. The first-order valence-corrected chi connectivity index (χ1v) is 12.5. The summed E-state index contributed by atoms with van der Waals surface area (Å²) in [6.07, 6.45) is 4.82. The average Bonchev–Trinajstić information content (AvgIpc) is 2.77. The van der Waals surface area contributed by atoms with Crippen molar-refractivity contribution in [1.29, 1.82) is 0 Å². The first-order chi connectivity index (χ1) is 14.9. The lowest BCUT2D eigenvalue weighted by Gasteiger charge is -2.28. The van der Waals surface area contributed by atoms with Crippen LogP contribution in [0.1, 0.15) is 31.7 Å². The number of ether oxygens (including phenoxy) is 1. The topological polar surface area (TPSA) is 79.0 Å². The minimum Gasteiger partial charge on any atom is -0.492 e. The van der Waals surface area contributed by atoms with E-state index in [-0.39, 0.29) is 12.5 Å². The van der Waals surface area contributed by atoms with E-state index in [0.717, 1.165) is 29.2 Å². The molecule has 31 heavy (non-hydrogen) atoms. The number of carbonyl (C=O) groups excluding carboxylic acids is 1. The molecular formula is C23H31N3O4S. The third-order valence-corrected chi connectivity index (χ3v) is 6.40. The summed E-state index contributed by atoms with van der Waals surface area (Å²) < 4.78 is 31.4. The van der Waals surface area contributed by atoms with E-state index in [1.165, 1.54) is 24.9 Å². The zero-order valence-corrected chi connectivity index (χ0v) is 19.0. The highest BCUT2D eigenvalue weighted by molar-refractivity contribution is 7.92. The second-order valence-corrected chi connectivity index (χ2v) is 9.57. The van der Waals surface area contributed by atoms with Crippen LogP contribution < -0.4 is 19.3 Å². The molecule has 3 rings (SSSR count). The van der Waals surface area contributed by atoms with Gasteiger partial charge in [-0.1, -0.05) is 24.3 Å². The summed E-state index contributed by atoms with van der Waals surface area (Å²) in [5.74, 6) is 0.0494. The Balaban J connectivity index is 1.63. The highest BCUT2D eigenvalue weighted by Gasteiger charge is 2.23. The first-order valence-electron chi connectivity index (χ1n) is 10.7. The van der Waals surface area contributed by atoms with Crippen LogP contribution >= 0.6 is 0 Å². The van der Waals surface area contributed by atoms with E-state index >= 15 is 0 Å². The Morgan fingerprint density at radius 1 is 1.06 bits per heavy atom. The van der Waals surface area contributed by atoms with Crippen molar-refractivity contribution in [2.75, 3.05) is 41.7 Å². The van der Waals surface area contributed by atoms with Gasteiger partial charge in [0.25, 0.3) is 0 Å². The van der Waals surface area contributed by atoms with E-state index in [4.69, 9.17) is 4.74 Å². The van der Waals surface area contributed by atoms with Gasteiger partial charge >= 0.3 is 0 Å². The van der Waals surface area contributed by atoms with Crippen molar-refractivity contribution in [2.24, 2.45) is 0 Å². The van der Waals surface area contributed by atoms with Gasteiger partial charge in [0.2, 0.25) is 15.9 Å². The molecule has 0 saturated carbocycles. The minimum atomic E-state index is -3.67. The number of benzene rings is 2. The van der Waals surface area contributed by atoms with Crippen LogP contribution in [0.3, 0.4) is 0 Å². The fourth-order valence-corrected chi connectivity index (χ4v) is 4.55. The Labute approximate surface area is 185 Å². The van der Waals surface area contributed by atoms with Gasteiger partial charge in [-0.15, -0.1) is 0 Å². The molecule has 1 amide bonds. The van der Waals surface area contributed by atoms with E-state index in [0.29, 0.717) is 24.6 Å². The summed E-state index contributed by atoms with van der Waals surface area (Å²) in [7, 11) is -3.67. The van der Waals surface area contributed by atoms with Crippen molar-refractivity contribution in [3.8, 4) is 5.75 Å². The van der Waals surface area contributed by atoms with Crippen LogP contribution in [-0.2, 0) is 21.4 Å². The van der Waals surface area contributed by atoms with Crippen LogP contribution in [0.5, 0.6) is 5.75 Å². The summed E-state index contributed by atoms with van der Waals surface area (Å²) in [6.45, 7) is 4.42. The molecule has 0 aromatic heterocycles. The summed E-state index contributed by atoms with van der Waals surface area (Å²) >= 11 is 0. The molecule has 7 nitrogen and oxygen atoms in total. The number of rotatable bonds is 9. The smallest absolute Gasteiger partial charge is 0.241 e. The quantitative estimate of drug-likeness (QED) is 0.641. The predicted octanol–water partition coefficient (Wildman–Crippen LogP) is 3.16. The molecule has 1 N–H and O–H groups in total. The normalized spacial score (nSPS) is 14.2. The van der Waals surface area contributed by atoms with Gasteiger partial charge in [-0.05, 0) is 56.0 Å². The second kappa shape index (κ2) is 10.5. The SMILES string of the molecule is CCOc1ccccc1N(CC(=O)NCc1ccc(N2CCCCC2)cc1)S(C)(=O)=O. The van der Waals surface area contributed by atoms with Crippen LogP contribution in [0.25, 0.3) is 0 Å². The molecule has 2 aromatic carbocycles. The number of amides is 1. The van der Waals surface area contributed by atoms with Gasteiger partial charge in [-0.3, -0.25) is 9.10 Å². The zero-order chi connectivity index (χ0) is 22.3. The standard InChI is InChI=1S/C23H31N3O4S/c1-3-30-22-10-6-5-9-21(22)26(31(2,28)29)18-23(27)24-17-19-11-13-20(14-12-19)25-15-7-4-8-16-25/h5-6,9-14H,3-4,7-8,15-18H2,1-2H3,(H,24,27). The number of nitrogens with zero attached hydrogens (tertiary/aromatic N) is 2. The minimum absolute atomic E-state index is 0.311. The zero-order valence-electron chi connectivity index (χ0n) is 18.2. The summed E-state index contributed by atoms with van der Waals surface area (Å²) in [5.41, 5.74) is 2.52. The van der Waals surface area contributed by atoms with Gasteiger partial charge < -0.3 is 15.0 Å². The Morgan fingerprint density at radius 2 is 1.74 bits per heavy atom. The molecule has 8 heteroatoms. The van der Waals surface area contributed by atoms with Crippen LogP contribution in [0.2, 0.25) is 0 Å². The molecule has 1 aliphatic heterocycles. The fourth-order valence-electron chi connectivity index (χ4n) is 3.69. The third kappa shape index (κ3) is 6.37. The van der Waals surface area contributed by atoms with Gasteiger partial charge in [0.15, 0.2) is 0 Å². The summed E-state index contributed by atoms with van der Waals surface area (Å²) in [6, 6.07) is 15.0. The lowest BCUT2D eigenvalue weighted by atomic mass is 10.1. The highest BCUT2D eigenvalue weighted by Crippen LogP contribution is 2.29. The van der Waals surface area contributed by atoms with E-state index in [1.54, 1.807) is 24.3 Å². The number of nitrogens with one attached hydrogen (secondary N) is 1. The molecule has 0 unspecified atom stereocenters. The number of para-hydroxylation sites is 2. The molecular weight excluding hydrogens is 414 g/mol. The highest BCUT2D eigenvalue weighted by atomic mass is 32.2. The van der Waals surface area contributed by atoms with E-state index < -0.39 is 10.0 Å². The van der Waals surface area contributed by atoms with Crippen molar-refractivity contribution in [2.45, 2.75) is 32.7 Å². The Morgan fingerprint density at radius 3 is 2.39 bits per heavy atom. The molecule has 168 valence electrons. The van der Waals surface area contributed by atoms with Crippen molar-refractivity contribution in [1.82, 2.24) is 5.32 Å². The maximum atomic E-state index is 12.6. The van der Waals surface area contributed by atoms with Crippen LogP contribution in [0.4, 0.5) is 11.4 Å². The molecule has 0 atom stereocenters. The van der Waals surface area contributed by atoms with E-state index in [2.05, 4.69) is 22.3 Å². The monoisotopic (exact) mass is 445 g/mol. The average molecular weight is 446 g/mol. The third-order valence-electron chi connectivity index (χ3n) is 5.27. The summed E-state index contributed by atoms with van der Waals surface area (Å²) in [5, 5.41) is 2.82. The predicted molar refractivity (Wildman–Crippen MR) is 124 cm³/mol. The van der Waals surface area contributed by atoms with Crippen molar-refractivity contribution >= 4 is 27.3 Å². The number of carbonyl (C=O) groups is 1. The molecule has 0 bridgehead atoms. The number of anilines is 2. The summed E-state index contributed by atoms with van der Waals surface area (Å²) in [4.78, 5) is 14.9. The second-order valence-electron chi connectivity index (χ2n) is 7.66. The van der Waals surface area contributed by atoms with Gasteiger partial charge in [0.1, 0.15) is 12.3 Å². The van der Waals surface area contributed by atoms with E-state index in [9.17, 15) is 13.2 Å². The van der Waals surface area contributed by atoms with Crippen molar-refractivity contribution in [3.63, 3.8) is 0 Å². The largest absolute Gasteiger partial charge is 0.492 e. The lowest BCUT2D eigenvalue weighted by molar-refractivity contribution is -0.119. The number of hydrogen-bond donors (Lipinski definition) is 1. The van der Waals surface area contributed by atoms with Gasteiger partial charge in [0, 0.05) is 25.3 Å². The number of hydrogen-bond acceptors (Lipinski definition) is 5. The molecule has 0 spiro atoms. The van der Waals surface area contributed by atoms with Gasteiger partial charge in [0.05, 0.1) is 18.6 Å². The molecule has 2 aromatic rings. The lowest BCUT2D eigenvalue weighted by Crippen LogP contribution is -2.40. The first kappa shape index (κ1) is 22.9. The molecule has 1 aliphatic rings.